The second-order valence-electron chi connectivity index (χ2n) is 8.68. The lowest BCUT2D eigenvalue weighted by Gasteiger charge is -2.31. The van der Waals surface area contributed by atoms with E-state index < -0.39 is 6.04 Å². The van der Waals surface area contributed by atoms with Gasteiger partial charge >= 0.3 is 0 Å². The van der Waals surface area contributed by atoms with Gasteiger partial charge in [0, 0.05) is 16.6 Å². The molecule has 0 fully saturated rings. The summed E-state index contributed by atoms with van der Waals surface area (Å²) in [6, 6.07) is 12.9. The van der Waals surface area contributed by atoms with Gasteiger partial charge in [-0.2, -0.15) is 0 Å². The minimum absolute atomic E-state index is 0.135. The molecule has 2 rings (SSSR count). The predicted molar refractivity (Wildman–Crippen MR) is 123 cm³/mol. The summed E-state index contributed by atoms with van der Waals surface area (Å²) < 4.78 is 6.69. The van der Waals surface area contributed by atoms with Crippen molar-refractivity contribution in [2.45, 2.75) is 59.7 Å². The van der Waals surface area contributed by atoms with Gasteiger partial charge in [-0.05, 0) is 82.5 Å². The molecule has 1 atom stereocenters. The maximum atomic E-state index is 13.1. The molecule has 2 amide bonds. The van der Waals surface area contributed by atoms with Gasteiger partial charge in [-0.15, -0.1) is 0 Å². The highest BCUT2D eigenvalue weighted by molar-refractivity contribution is 9.10. The molecule has 0 aromatic heterocycles. The van der Waals surface area contributed by atoms with Gasteiger partial charge in [0.15, 0.2) is 6.61 Å². The average molecular weight is 475 g/mol. The number of nitrogens with one attached hydrogen (secondary N) is 1. The molecule has 0 aliphatic heterocycles. The average Bonchev–Trinajstić information content (AvgIpc) is 2.61. The molecule has 1 N–H and O–H groups in total. The predicted octanol–water partition coefficient (Wildman–Crippen LogP) is 4.78. The van der Waals surface area contributed by atoms with E-state index in [0.29, 0.717) is 12.3 Å². The number of aryl methyl sites for hydroxylation is 2. The highest BCUT2D eigenvalue weighted by Gasteiger charge is 2.28. The molecule has 0 saturated heterocycles. The first-order valence-electron chi connectivity index (χ1n) is 10.0. The Morgan fingerprint density at radius 3 is 2.30 bits per heavy atom. The first-order chi connectivity index (χ1) is 13.9. The number of amides is 2. The zero-order valence-corrected chi connectivity index (χ0v) is 20.2. The first-order valence-corrected chi connectivity index (χ1v) is 10.8. The molecule has 0 aliphatic rings. The van der Waals surface area contributed by atoms with Gasteiger partial charge in [-0.3, -0.25) is 9.59 Å². The zero-order valence-electron chi connectivity index (χ0n) is 18.6. The lowest BCUT2D eigenvalue weighted by molar-refractivity contribution is -0.142. The molecule has 0 spiro atoms. The maximum Gasteiger partial charge on any atom is 0.261 e. The topological polar surface area (TPSA) is 58.6 Å². The molecule has 0 aliphatic carbocycles. The van der Waals surface area contributed by atoms with Crippen LogP contribution in [0.1, 0.15) is 44.4 Å². The number of hydrogen-bond acceptors (Lipinski definition) is 3. The Labute approximate surface area is 187 Å². The summed E-state index contributed by atoms with van der Waals surface area (Å²) in [5.41, 5.74) is 2.69. The molecule has 30 heavy (non-hydrogen) atoms. The Morgan fingerprint density at radius 1 is 1.10 bits per heavy atom. The minimum atomic E-state index is -0.640. The number of nitrogens with zero attached hydrogens (tertiary/aromatic N) is 1. The molecule has 0 heterocycles. The number of halogens is 1. The summed E-state index contributed by atoms with van der Waals surface area (Å²) in [6.07, 6.45) is 0. The van der Waals surface area contributed by atoms with Crippen LogP contribution in [0.3, 0.4) is 0 Å². The van der Waals surface area contributed by atoms with E-state index in [1.165, 1.54) is 0 Å². The summed E-state index contributed by atoms with van der Waals surface area (Å²) in [5.74, 6) is 0.206. The van der Waals surface area contributed by atoms with Crippen molar-refractivity contribution in [3.8, 4) is 5.75 Å². The summed E-state index contributed by atoms with van der Waals surface area (Å²) in [7, 11) is 0. The highest BCUT2D eigenvalue weighted by Crippen LogP contribution is 2.18. The monoisotopic (exact) mass is 474 g/mol. The quantitative estimate of drug-likeness (QED) is 0.628. The molecule has 162 valence electrons. The van der Waals surface area contributed by atoms with Crippen molar-refractivity contribution in [2.75, 3.05) is 6.61 Å². The molecule has 2 aromatic carbocycles. The van der Waals surface area contributed by atoms with Gasteiger partial charge in [0.05, 0.1) is 0 Å². The maximum absolute atomic E-state index is 13.1. The van der Waals surface area contributed by atoms with Crippen molar-refractivity contribution < 1.29 is 14.3 Å². The van der Waals surface area contributed by atoms with Crippen LogP contribution in [-0.2, 0) is 16.1 Å². The van der Waals surface area contributed by atoms with Crippen molar-refractivity contribution in [1.29, 1.82) is 0 Å². The van der Waals surface area contributed by atoms with E-state index >= 15 is 0 Å². The summed E-state index contributed by atoms with van der Waals surface area (Å²) in [4.78, 5) is 27.4. The normalized spacial score (nSPS) is 12.2. The van der Waals surface area contributed by atoms with Crippen LogP contribution in [0.5, 0.6) is 5.75 Å². The summed E-state index contributed by atoms with van der Waals surface area (Å²) in [5, 5.41) is 2.96. The van der Waals surface area contributed by atoms with Crippen molar-refractivity contribution in [3.63, 3.8) is 0 Å². The van der Waals surface area contributed by atoms with Crippen molar-refractivity contribution >= 4 is 27.7 Å². The fourth-order valence-electron chi connectivity index (χ4n) is 3.13. The van der Waals surface area contributed by atoms with Gasteiger partial charge < -0.3 is 15.0 Å². The Hall–Kier alpha value is -2.34. The summed E-state index contributed by atoms with van der Waals surface area (Å²) >= 11 is 3.46. The van der Waals surface area contributed by atoms with Gasteiger partial charge in [-0.1, -0.05) is 34.1 Å². The molecular weight excluding hydrogens is 444 g/mol. The fraction of sp³-hybridized carbons (Fsp3) is 0.417. The van der Waals surface area contributed by atoms with E-state index in [0.717, 1.165) is 21.2 Å². The molecule has 0 radical (unpaired) electrons. The van der Waals surface area contributed by atoms with Crippen LogP contribution < -0.4 is 10.1 Å². The Balaban J connectivity index is 2.20. The third-order valence-electron chi connectivity index (χ3n) is 4.46. The standard InChI is InChI=1S/C24H31BrN2O3/c1-16-10-17(2)12-21(11-16)30-15-22(28)27(14-19-8-7-9-20(25)13-19)18(3)23(29)26-24(4,5)6/h7-13,18H,14-15H2,1-6H3,(H,26,29)/t18-/m0/s1. The van der Waals surface area contributed by atoms with E-state index in [1.807, 2.05) is 77.1 Å². The Morgan fingerprint density at radius 2 is 1.73 bits per heavy atom. The van der Waals surface area contributed by atoms with Crippen LogP contribution in [0.2, 0.25) is 0 Å². The van der Waals surface area contributed by atoms with Crippen LogP contribution in [0.4, 0.5) is 0 Å². The van der Waals surface area contributed by atoms with Crippen LogP contribution in [0, 0.1) is 13.8 Å². The van der Waals surface area contributed by atoms with Crippen molar-refractivity contribution in [2.24, 2.45) is 0 Å². The largest absolute Gasteiger partial charge is 0.484 e. The summed E-state index contributed by atoms with van der Waals surface area (Å²) in [6.45, 7) is 11.6. The second-order valence-corrected chi connectivity index (χ2v) is 9.59. The number of ether oxygens (including phenoxy) is 1. The highest BCUT2D eigenvalue weighted by atomic mass is 79.9. The number of benzene rings is 2. The van der Waals surface area contributed by atoms with E-state index in [4.69, 9.17) is 4.74 Å². The van der Waals surface area contributed by atoms with Crippen molar-refractivity contribution in [1.82, 2.24) is 10.2 Å². The SMILES string of the molecule is Cc1cc(C)cc(OCC(=O)N(Cc2cccc(Br)c2)[C@@H](C)C(=O)NC(C)(C)C)c1. The lowest BCUT2D eigenvalue weighted by atomic mass is 10.1. The van der Waals surface area contributed by atoms with E-state index in [2.05, 4.69) is 21.2 Å². The molecule has 6 heteroatoms. The van der Waals surface area contributed by atoms with Crippen LogP contribution in [-0.4, -0.2) is 34.9 Å². The molecule has 0 saturated carbocycles. The number of rotatable bonds is 7. The van der Waals surface area contributed by atoms with E-state index in [1.54, 1.807) is 11.8 Å². The third kappa shape index (κ3) is 7.48. The van der Waals surface area contributed by atoms with Gasteiger partial charge in [0.25, 0.3) is 5.91 Å². The molecular formula is C24H31BrN2O3. The fourth-order valence-corrected chi connectivity index (χ4v) is 3.58. The van der Waals surface area contributed by atoms with Crippen molar-refractivity contribution in [3.05, 3.63) is 63.6 Å². The van der Waals surface area contributed by atoms with Crippen LogP contribution >= 0.6 is 15.9 Å². The Bertz CT molecular complexity index is 885. The number of carbonyl (C=O) groups is 2. The minimum Gasteiger partial charge on any atom is -0.484 e. The Kier molecular flexibility index (Phi) is 8.07. The smallest absolute Gasteiger partial charge is 0.261 e. The first kappa shape index (κ1) is 23.9. The number of hydrogen-bond donors (Lipinski definition) is 1. The van der Waals surface area contributed by atoms with Gasteiger partial charge in [0.2, 0.25) is 5.91 Å². The lowest BCUT2D eigenvalue weighted by Crippen LogP contribution is -2.53. The van der Waals surface area contributed by atoms with Crippen LogP contribution in [0.25, 0.3) is 0 Å². The molecule has 0 bridgehead atoms. The van der Waals surface area contributed by atoms with Gasteiger partial charge in [0.1, 0.15) is 11.8 Å². The second kappa shape index (κ2) is 10.1. The van der Waals surface area contributed by atoms with E-state index in [-0.39, 0.29) is 24.0 Å². The zero-order chi connectivity index (χ0) is 22.5. The third-order valence-corrected chi connectivity index (χ3v) is 4.96. The van der Waals surface area contributed by atoms with Gasteiger partial charge in [-0.25, -0.2) is 0 Å². The molecule has 0 unspecified atom stereocenters. The molecule has 2 aromatic rings. The molecule has 5 nitrogen and oxygen atoms in total. The van der Waals surface area contributed by atoms with E-state index in [9.17, 15) is 9.59 Å². The number of carbonyl (C=O) groups excluding carboxylic acids is 2. The van der Waals surface area contributed by atoms with Crippen LogP contribution in [0.15, 0.2) is 46.9 Å².